The number of anilines is 1. The molecule has 0 atom stereocenters. The van der Waals surface area contributed by atoms with Crippen molar-refractivity contribution >= 4 is 23.6 Å². The smallest absolute Gasteiger partial charge is 0.328 e. The first-order valence-corrected chi connectivity index (χ1v) is 8.10. The first kappa shape index (κ1) is 17.8. The molecule has 7 nitrogen and oxygen atoms in total. The molecule has 7 heteroatoms. The normalized spacial score (nSPS) is 14.3. The minimum absolute atomic E-state index is 0.180. The number of amides is 3. The van der Waals surface area contributed by atoms with E-state index in [1.165, 1.54) is 4.90 Å². The van der Waals surface area contributed by atoms with Crippen molar-refractivity contribution < 1.29 is 23.9 Å². The second-order valence-electron chi connectivity index (χ2n) is 5.36. The van der Waals surface area contributed by atoms with Crippen LogP contribution in [0.3, 0.4) is 0 Å². The molecule has 1 aliphatic rings. The molecule has 2 rings (SSSR count). The summed E-state index contributed by atoms with van der Waals surface area (Å²) in [7, 11) is 0. The summed E-state index contributed by atoms with van der Waals surface area (Å²) in [4.78, 5) is 35.6. The topological polar surface area (TPSA) is 84.9 Å². The first-order chi connectivity index (χ1) is 11.6. The van der Waals surface area contributed by atoms with Crippen LogP contribution in [0.5, 0.6) is 5.75 Å². The zero-order valence-electron chi connectivity index (χ0n) is 13.7. The maximum absolute atomic E-state index is 11.8. The van der Waals surface area contributed by atoms with Gasteiger partial charge < -0.3 is 9.47 Å². The number of urea groups is 1. The molecule has 1 aromatic rings. The van der Waals surface area contributed by atoms with Crippen LogP contribution < -0.4 is 15.0 Å². The Morgan fingerprint density at radius 2 is 1.96 bits per heavy atom. The van der Waals surface area contributed by atoms with Crippen LogP contribution >= 0.6 is 0 Å². The lowest BCUT2D eigenvalue weighted by Gasteiger charge is -2.26. The van der Waals surface area contributed by atoms with Gasteiger partial charge in [0.15, 0.2) is 0 Å². The Morgan fingerprint density at radius 1 is 1.21 bits per heavy atom. The number of imide groups is 1. The summed E-state index contributed by atoms with van der Waals surface area (Å²) in [6.45, 7) is 3.08. The molecule has 0 saturated carbocycles. The Bertz CT molecular complexity index is 585. The predicted molar refractivity (Wildman–Crippen MR) is 87.9 cm³/mol. The Labute approximate surface area is 140 Å². The van der Waals surface area contributed by atoms with E-state index >= 15 is 0 Å². The number of nitrogens with zero attached hydrogens (tertiary/aromatic N) is 1. The molecular formula is C17H22N2O5. The van der Waals surface area contributed by atoms with Gasteiger partial charge in [0.05, 0.1) is 13.2 Å². The van der Waals surface area contributed by atoms with Gasteiger partial charge >= 0.3 is 12.0 Å². The molecule has 0 radical (unpaired) electrons. The molecule has 0 spiro atoms. The molecule has 1 aromatic carbocycles. The third kappa shape index (κ3) is 5.26. The quantitative estimate of drug-likeness (QED) is 0.582. The van der Waals surface area contributed by atoms with Crippen molar-refractivity contribution in [2.75, 3.05) is 24.7 Å². The second kappa shape index (κ2) is 8.90. The van der Waals surface area contributed by atoms with E-state index in [9.17, 15) is 14.4 Å². The van der Waals surface area contributed by atoms with Gasteiger partial charge in [-0.15, -0.1) is 0 Å². The molecular weight excluding hydrogens is 312 g/mol. The lowest BCUT2D eigenvalue weighted by atomic mass is 10.2. The third-order valence-corrected chi connectivity index (χ3v) is 3.55. The Hall–Kier alpha value is -2.57. The molecule has 1 N–H and O–H groups in total. The van der Waals surface area contributed by atoms with Gasteiger partial charge in [-0.2, -0.15) is 0 Å². The summed E-state index contributed by atoms with van der Waals surface area (Å²) in [6.07, 6.45) is 2.18. The van der Waals surface area contributed by atoms with E-state index in [4.69, 9.17) is 9.47 Å². The number of ether oxygens (including phenoxy) is 2. The highest BCUT2D eigenvalue weighted by atomic mass is 16.5. The lowest BCUT2D eigenvalue weighted by molar-refractivity contribution is -0.143. The highest BCUT2D eigenvalue weighted by Gasteiger charge is 2.23. The van der Waals surface area contributed by atoms with Crippen molar-refractivity contribution in [2.45, 2.75) is 32.6 Å². The van der Waals surface area contributed by atoms with Crippen LogP contribution in [-0.4, -0.2) is 37.7 Å². The van der Waals surface area contributed by atoms with Crippen molar-refractivity contribution in [3.05, 3.63) is 24.3 Å². The third-order valence-electron chi connectivity index (χ3n) is 3.55. The Balaban J connectivity index is 1.73. The summed E-state index contributed by atoms with van der Waals surface area (Å²) in [6, 6.07) is 6.72. The van der Waals surface area contributed by atoms with Gasteiger partial charge in [0, 0.05) is 25.1 Å². The first-order valence-electron chi connectivity index (χ1n) is 8.10. The van der Waals surface area contributed by atoms with E-state index in [0.29, 0.717) is 38.3 Å². The van der Waals surface area contributed by atoms with E-state index in [1.807, 2.05) is 0 Å². The fourth-order valence-corrected chi connectivity index (χ4v) is 2.33. The van der Waals surface area contributed by atoms with Crippen LogP contribution in [0, 0.1) is 0 Å². The van der Waals surface area contributed by atoms with Gasteiger partial charge in [0.1, 0.15) is 5.75 Å². The van der Waals surface area contributed by atoms with Crippen LogP contribution in [0.1, 0.15) is 32.6 Å². The van der Waals surface area contributed by atoms with E-state index < -0.39 is 6.03 Å². The predicted octanol–water partition coefficient (Wildman–Crippen LogP) is 2.25. The molecule has 0 unspecified atom stereocenters. The van der Waals surface area contributed by atoms with Crippen LogP contribution in [0.4, 0.5) is 10.5 Å². The van der Waals surface area contributed by atoms with Crippen LogP contribution in [0.2, 0.25) is 0 Å². The maximum Gasteiger partial charge on any atom is 0.328 e. The monoisotopic (exact) mass is 334 g/mol. The number of benzene rings is 1. The average Bonchev–Trinajstić information content (AvgIpc) is 2.56. The summed E-state index contributed by atoms with van der Waals surface area (Å²) >= 11 is 0. The van der Waals surface area contributed by atoms with Crippen molar-refractivity contribution in [1.82, 2.24) is 5.32 Å². The molecule has 130 valence electrons. The molecule has 0 aliphatic carbocycles. The Kier molecular flexibility index (Phi) is 6.60. The standard InChI is InChI=1S/C17H22N2O5/c1-2-23-16(21)5-3-4-12-24-14-8-6-13(7-9-14)19-11-10-15(20)18-17(19)22/h6-9H,2-5,10-12H2,1H3,(H,18,20,22). The largest absolute Gasteiger partial charge is 0.494 e. The fourth-order valence-electron chi connectivity index (χ4n) is 2.33. The van der Waals surface area contributed by atoms with Crippen LogP contribution in [0.15, 0.2) is 24.3 Å². The SMILES string of the molecule is CCOC(=O)CCCCOc1ccc(N2CCC(=O)NC2=O)cc1. The van der Waals surface area contributed by atoms with E-state index in [-0.39, 0.29) is 11.9 Å². The van der Waals surface area contributed by atoms with Gasteiger partial charge in [0.2, 0.25) is 5.91 Å². The van der Waals surface area contributed by atoms with Crippen molar-refractivity contribution in [2.24, 2.45) is 0 Å². The lowest BCUT2D eigenvalue weighted by Crippen LogP contribution is -2.49. The van der Waals surface area contributed by atoms with Gasteiger partial charge in [-0.05, 0) is 44.0 Å². The minimum atomic E-state index is -0.404. The van der Waals surface area contributed by atoms with Crippen LogP contribution in [0.25, 0.3) is 0 Å². The summed E-state index contributed by atoms with van der Waals surface area (Å²) < 4.78 is 10.5. The number of hydrogen-bond donors (Lipinski definition) is 1. The van der Waals surface area contributed by atoms with E-state index in [2.05, 4.69) is 5.32 Å². The maximum atomic E-state index is 11.8. The number of carbonyl (C=O) groups excluding carboxylic acids is 3. The fraction of sp³-hybridized carbons (Fsp3) is 0.471. The van der Waals surface area contributed by atoms with Gasteiger partial charge in [-0.25, -0.2) is 4.79 Å². The summed E-state index contributed by atoms with van der Waals surface area (Å²) in [5.74, 6) is 0.266. The molecule has 1 saturated heterocycles. The Morgan fingerprint density at radius 3 is 2.62 bits per heavy atom. The van der Waals surface area contributed by atoms with Crippen LogP contribution in [-0.2, 0) is 14.3 Å². The molecule has 1 heterocycles. The zero-order chi connectivity index (χ0) is 17.4. The number of unbranched alkanes of at least 4 members (excludes halogenated alkanes) is 1. The van der Waals surface area contributed by atoms with E-state index in [1.54, 1.807) is 31.2 Å². The number of rotatable bonds is 8. The molecule has 3 amide bonds. The highest BCUT2D eigenvalue weighted by Crippen LogP contribution is 2.21. The second-order valence-corrected chi connectivity index (χ2v) is 5.36. The zero-order valence-corrected chi connectivity index (χ0v) is 13.7. The minimum Gasteiger partial charge on any atom is -0.494 e. The van der Waals surface area contributed by atoms with Gasteiger partial charge in [0.25, 0.3) is 0 Å². The molecule has 1 fully saturated rings. The molecule has 0 bridgehead atoms. The number of esters is 1. The number of nitrogens with one attached hydrogen (secondary N) is 1. The van der Waals surface area contributed by atoms with Gasteiger partial charge in [-0.3, -0.25) is 19.8 Å². The van der Waals surface area contributed by atoms with E-state index in [0.717, 1.165) is 18.5 Å². The highest BCUT2D eigenvalue weighted by molar-refractivity contribution is 6.05. The summed E-state index contributed by atoms with van der Waals surface area (Å²) in [5.41, 5.74) is 0.717. The summed E-state index contributed by atoms with van der Waals surface area (Å²) in [5, 5.41) is 2.29. The molecule has 1 aliphatic heterocycles. The van der Waals surface area contributed by atoms with Gasteiger partial charge in [-0.1, -0.05) is 0 Å². The van der Waals surface area contributed by atoms with Crippen molar-refractivity contribution in [3.8, 4) is 5.75 Å². The molecule has 0 aromatic heterocycles. The number of hydrogen-bond acceptors (Lipinski definition) is 5. The molecule has 24 heavy (non-hydrogen) atoms. The average molecular weight is 334 g/mol. The van der Waals surface area contributed by atoms with Crippen molar-refractivity contribution in [3.63, 3.8) is 0 Å². The number of carbonyl (C=O) groups is 3. The van der Waals surface area contributed by atoms with Crippen molar-refractivity contribution in [1.29, 1.82) is 0 Å².